The highest BCUT2D eigenvalue weighted by molar-refractivity contribution is 5.69. The van der Waals surface area contributed by atoms with Crippen LogP contribution in [0.25, 0.3) is 11.1 Å². The van der Waals surface area contributed by atoms with Crippen molar-refractivity contribution in [2.45, 2.75) is 46.6 Å². The molecule has 0 aliphatic heterocycles. The third kappa shape index (κ3) is 4.74. The van der Waals surface area contributed by atoms with E-state index in [1.807, 2.05) is 27.7 Å². The summed E-state index contributed by atoms with van der Waals surface area (Å²) in [6.45, 7) is 9.52. The number of aromatic amines is 1. The first-order valence-corrected chi connectivity index (χ1v) is 8.56. The van der Waals surface area contributed by atoms with Gasteiger partial charge in [0.25, 0.3) is 0 Å². The van der Waals surface area contributed by atoms with Crippen molar-refractivity contribution in [3.05, 3.63) is 35.4 Å². The lowest BCUT2D eigenvalue weighted by atomic mass is 9.91. The summed E-state index contributed by atoms with van der Waals surface area (Å²) in [5.74, 6) is -0.144. The number of carboxylic acid groups (broad SMARTS) is 1. The predicted octanol–water partition coefficient (Wildman–Crippen LogP) is 4.28. The average Bonchev–Trinajstić information content (AvgIpc) is 2.83. The van der Waals surface area contributed by atoms with Crippen molar-refractivity contribution in [2.24, 2.45) is 5.92 Å². The fraction of sp³-hybridized carbons (Fsp3) is 0.474. The van der Waals surface area contributed by atoms with Gasteiger partial charge in [-0.25, -0.2) is 9.18 Å². The number of aryl methyl sites for hydroxylation is 2. The Kier molecular flexibility index (Phi) is 5.90. The number of rotatable bonds is 7. The number of hydrogen-bond donors (Lipinski definition) is 3. The maximum Gasteiger partial charge on any atom is 0.405 e. The monoisotopic (exact) mass is 363 g/mol. The molecular formula is C19H26FN3O3. The molecule has 1 aromatic heterocycles. The van der Waals surface area contributed by atoms with Gasteiger partial charge in [-0.2, -0.15) is 5.10 Å². The van der Waals surface area contributed by atoms with Crippen molar-refractivity contribution in [1.82, 2.24) is 15.5 Å². The second-order valence-electron chi connectivity index (χ2n) is 7.33. The van der Waals surface area contributed by atoms with E-state index in [0.29, 0.717) is 12.0 Å². The van der Waals surface area contributed by atoms with E-state index in [0.717, 1.165) is 17.0 Å². The third-order valence-corrected chi connectivity index (χ3v) is 4.16. The first-order chi connectivity index (χ1) is 12.1. The van der Waals surface area contributed by atoms with E-state index in [9.17, 15) is 9.18 Å². The molecule has 0 radical (unpaired) electrons. The molecule has 0 aliphatic rings. The molecule has 1 aromatic carbocycles. The lowest BCUT2D eigenvalue weighted by molar-refractivity contribution is 0.141. The van der Waals surface area contributed by atoms with Gasteiger partial charge in [0.05, 0.1) is 11.2 Å². The normalized spacial score (nSPS) is 13.5. The molecule has 0 aliphatic carbocycles. The Morgan fingerprint density at radius 3 is 2.62 bits per heavy atom. The fourth-order valence-corrected chi connectivity index (χ4v) is 3.29. The van der Waals surface area contributed by atoms with Crippen LogP contribution in [0.4, 0.5) is 9.18 Å². The molecule has 0 fully saturated rings. The minimum Gasteiger partial charge on any atom is -0.488 e. The molecule has 1 heterocycles. The van der Waals surface area contributed by atoms with Crippen LogP contribution in [0.5, 0.6) is 5.75 Å². The average molecular weight is 363 g/mol. The summed E-state index contributed by atoms with van der Waals surface area (Å²) in [4.78, 5) is 11.1. The molecular weight excluding hydrogens is 337 g/mol. The maximum atomic E-state index is 14.5. The quantitative estimate of drug-likeness (QED) is 0.685. The van der Waals surface area contributed by atoms with E-state index in [2.05, 4.69) is 15.5 Å². The SMILES string of the molecule is Cc1n[nH]c(C)c1-c1ccc(OCC(C)(CC(C)C)NC(=O)O)c(F)c1. The number of nitrogens with zero attached hydrogens (tertiary/aromatic N) is 1. The standard InChI is InChI=1S/C19H26FN3O3/c1-11(2)9-19(5,21-18(24)25)10-26-16-7-6-14(8-15(16)20)17-12(3)22-23-13(17)4/h6-8,11,21H,9-10H2,1-5H3,(H,22,23)(H,24,25). The number of nitrogens with one attached hydrogen (secondary N) is 2. The molecule has 142 valence electrons. The molecule has 0 saturated heterocycles. The van der Waals surface area contributed by atoms with Gasteiger partial charge >= 0.3 is 6.09 Å². The zero-order valence-corrected chi connectivity index (χ0v) is 15.8. The number of aromatic nitrogens is 2. The van der Waals surface area contributed by atoms with Gasteiger partial charge in [-0.3, -0.25) is 5.10 Å². The van der Waals surface area contributed by atoms with E-state index in [4.69, 9.17) is 9.84 Å². The van der Waals surface area contributed by atoms with Crippen molar-refractivity contribution < 1.29 is 19.0 Å². The summed E-state index contributed by atoms with van der Waals surface area (Å²) in [5.41, 5.74) is 2.44. The van der Waals surface area contributed by atoms with Gasteiger partial charge in [0, 0.05) is 11.3 Å². The Bertz CT molecular complexity index is 769. The Hall–Kier alpha value is -2.57. The molecule has 0 spiro atoms. The second-order valence-corrected chi connectivity index (χ2v) is 7.33. The van der Waals surface area contributed by atoms with Crippen molar-refractivity contribution in [2.75, 3.05) is 6.61 Å². The summed E-state index contributed by atoms with van der Waals surface area (Å²) in [7, 11) is 0. The van der Waals surface area contributed by atoms with Crippen LogP contribution in [0.1, 0.15) is 38.6 Å². The molecule has 2 rings (SSSR count). The molecule has 0 saturated carbocycles. The first kappa shape index (κ1) is 19.8. The Morgan fingerprint density at radius 1 is 1.42 bits per heavy atom. The van der Waals surface area contributed by atoms with Crippen molar-refractivity contribution in [1.29, 1.82) is 0 Å². The number of H-pyrrole nitrogens is 1. The van der Waals surface area contributed by atoms with Crippen LogP contribution >= 0.6 is 0 Å². The Morgan fingerprint density at radius 2 is 2.12 bits per heavy atom. The topological polar surface area (TPSA) is 87.2 Å². The molecule has 7 heteroatoms. The Labute approximate surface area is 152 Å². The van der Waals surface area contributed by atoms with Gasteiger partial charge in [-0.05, 0) is 50.8 Å². The molecule has 1 unspecified atom stereocenters. The molecule has 6 nitrogen and oxygen atoms in total. The number of hydrogen-bond acceptors (Lipinski definition) is 3. The first-order valence-electron chi connectivity index (χ1n) is 8.56. The number of amides is 1. The lowest BCUT2D eigenvalue weighted by Gasteiger charge is -2.31. The highest BCUT2D eigenvalue weighted by atomic mass is 19.1. The van der Waals surface area contributed by atoms with Gasteiger partial charge in [0.1, 0.15) is 6.61 Å². The highest BCUT2D eigenvalue weighted by Gasteiger charge is 2.29. The van der Waals surface area contributed by atoms with E-state index < -0.39 is 17.4 Å². The van der Waals surface area contributed by atoms with Crippen molar-refractivity contribution >= 4 is 6.09 Å². The predicted molar refractivity (Wildman–Crippen MR) is 98.0 cm³/mol. The number of ether oxygens (including phenoxy) is 1. The van der Waals surface area contributed by atoms with Crippen LogP contribution in [0.3, 0.4) is 0 Å². The third-order valence-electron chi connectivity index (χ3n) is 4.16. The molecule has 1 atom stereocenters. The van der Waals surface area contributed by atoms with Crippen molar-refractivity contribution in [3.8, 4) is 16.9 Å². The van der Waals surface area contributed by atoms with Crippen LogP contribution in [-0.2, 0) is 0 Å². The summed E-state index contributed by atoms with van der Waals surface area (Å²) in [6, 6.07) is 4.74. The van der Waals surface area contributed by atoms with Gasteiger partial charge in [0.2, 0.25) is 0 Å². The van der Waals surface area contributed by atoms with E-state index >= 15 is 0 Å². The van der Waals surface area contributed by atoms with Crippen LogP contribution in [0.15, 0.2) is 18.2 Å². The summed E-state index contributed by atoms with van der Waals surface area (Å²) in [5, 5.41) is 18.6. The molecule has 26 heavy (non-hydrogen) atoms. The molecule has 2 aromatic rings. The number of benzene rings is 1. The van der Waals surface area contributed by atoms with Crippen LogP contribution in [0, 0.1) is 25.6 Å². The van der Waals surface area contributed by atoms with Gasteiger partial charge < -0.3 is 15.2 Å². The largest absolute Gasteiger partial charge is 0.488 e. The number of carbonyl (C=O) groups is 1. The van der Waals surface area contributed by atoms with E-state index in [1.165, 1.54) is 6.07 Å². The maximum absolute atomic E-state index is 14.5. The van der Waals surface area contributed by atoms with Crippen LogP contribution in [0.2, 0.25) is 0 Å². The van der Waals surface area contributed by atoms with Gasteiger partial charge in [-0.1, -0.05) is 19.9 Å². The minimum absolute atomic E-state index is 0.0392. The molecule has 3 N–H and O–H groups in total. The summed E-state index contributed by atoms with van der Waals surface area (Å²) in [6.07, 6.45) is -0.551. The van der Waals surface area contributed by atoms with Crippen LogP contribution < -0.4 is 10.1 Å². The number of halogens is 1. The van der Waals surface area contributed by atoms with Crippen LogP contribution in [-0.4, -0.2) is 33.5 Å². The van der Waals surface area contributed by atoms with Gasteiger partial charge in [-0.15, -0.1) is 0 Å². The van der Waals surface area contributed by atoms with Gasteiger partial charge in [0.15, 0.2) is 11.6 Å². The fourth-order valence-electron chi connectivity index (χ4n) is 3.29. The zero-order valence-electron chi connectivity index (χ0n) is 15.8. The molecule has 0 bridgehead atoms. The molecule has 1 amide bonds. The highest BCUT2D eigenvalue weighted by Crippen LogP contribution is 2.30. The smallest absolute Gasteiger partial charge is 0.405 e. The minimum atomic E-state index is -1.13. The second kappa shape index (κ2) is 7.76. The zero-order chi connectivity index (χ0) is 19.5. The summed E-state index contributed by atoms with van der Waals surface area (Å²) >= 11 is 0. The Balaban J connectivity index is 2.18. The summed E-state index contributed by atoms with van der Waals surface area (Å²) < 4.78 is 20.1. The lowest BCUT2D eigenvalue weighted by Crippen LogP contribution is -2.50. The van der Waals surface area contributed by atoms with E-state index in [1.54, 1.807) is 19.1 Å². The van der Waals surface area contributed by atoms with Crippen molar-refractivity contribution in [3.63, 3.8) is 0 Å². The van der Waals surface area contributed by atoms with E-state index in [-0.39, 0.29) is 18.3 Å².